The maximum absolute atomic E-state index is 13.9. The Balaban J connectivity index is 2.04. The van der Waals surface area contributed by atoms with Crippen molar-refractivity contribution in [2.45, 2.75) is 25.7 Å². The van der Waals surface area contributed by atoms with Crippen LogP contribution in [0.3, 0.4) is 0 Å². The first-order chi connectivity index (χ1) is 10.4. The summed E-state index contributed by atoms with van der Waals surface area (Å²) in [7, 11) is 0. The van der Waals surface area contributed by atoms with Gasteiger partial charge in [0.25, 0.3) is 0 Å². The van der Waals surface area contributed by atoms with Crippen LogP contribution in [0.1, 0.15) is 25.3 Å². The fraction of sp³-hybridized carbons (Fsp3) is 0.571. The first-order valence-corrected chi connectivity index (χ1v) is 6.79. The van der Waals surface area contributed by atoms with Crippen molar-refractivity contribution in [2.75, 3.05) is 19.8 Å². The summed E-state index contributed by atoms with van der Waals surface area (Å²) in [5.74, 6) is -12.8. The Morgan fingerprint density at radius 1 is 0.773 bits per heavy atom. The number of hydrogen-bond donors (Lipinski definition) is 0. The molecule has 0 amide bonds. The van der Waals surface area contributed by atoms with E-state index in [1.165, 1.54) is 0 Å². The molecule has 0 spiro atoms. The fourth-order valence-corrected chi connectivity index (χ4v) is 2.83. The predicted molar refractivity (Wildman–Crippen MR) is 63.1 cm³/mol. The highest BCUT2D eigenvalue weighted by atomic mass is 19.2. The van der Waals surface area contributed by atoms with Gasteiger partial charge in [0.15, 0.2) is 23.3 Å². The van der Waals surface area contributed by atoms with Crippen LogP contribution in [0.2, 0.25) is 0 Å². The lowest BCUT2D eigenvalue weighted by Gasteiger charge is -2.51. The van der Waals surface area contributed by atoms with Gasteiger partial charge >= 0.3 is 5.97 Å². The molecule has 3 heterocycles. The largest absolute Gasteiger partial charge is 0.323 e. The standard InChI is InChI=1S/C14H13F5O3/c1-2-3-13-4-20-14(21-5-13,22-6-13)7-8(15)10(17)12(19)11(18)9(7)16/h2-6H2,1H3. The monoisotopic (exact) mass is 324 g/mol. The van der Waals surface area contributed by atoms with Gasteiger partial charge in [0.1, 0.15) is 5.56 Å². The lowest BCUT2D eigenvalue weighted by atomic mass is 9.83. The SMILES string of the molecule is CCCC12COC(c3c(F)c(F)c(F)c(F)c3F)(OC1)OC2. The predicted octanol–water partition coefficient (Wildman–Crippen LogP) is 3.36. The van der Waals surface area contributed by atoms with Gasteiger partial charge in [-0.3, -0.25) is 0 Å². The van der Waals surface area contributed by atoms with Crippen molar-refractivity contribution in [3.8, 4) is 0 Å². The van der Waals surface area contributed by atoms with Crippen LogP contribution in [-0.4, -0.2) is 19.8 Å². The second kappa shape index (κ2) is 5.14. The third-order valence-corrected chi connectivity index (χ3v) is 4.00. The molecule has 0 N–H and O–H groups in total. The molecule has 2 bridgehead atoms. The molecular weight excluding hydrogens is 311 g/mol. The van der Waals surface area contributed by atoms with Crippen molar-refractivity contribution in [2.24, 2.45) is 5.41 Å². The molecule has 3 aliphatic rings. The summed E-state index contributed by atoms with van der Waals surface area (Å²) in [5, 5.41) is 0. The first-order valence-electron chi connectivity index (χ1n) is 6.79. The Morgan fingerprint density at radius 3 is 1.59 bits per heavy atom. The van der Waals surface area contributed by atoms with E-state index in [2.05, 4.69) is 0 Å². The second-order valence-electron chi connectivity index (χ2n) is 5.62. The molecule has 1 aromatic rings. The minimum atomic E-state index is -2.39. The second-order valence-corrected chi connectivity index (χ2v) is 5.62. The Kier molecular flexibility index (Phi) is 3.65. The van der Waals surface area contributed by atoms with E-state index in [0.29, 0.717) is 6.42 Å². The topological polar surface area (TPSA) is 27.7 Å². The smallest absolute Gasteiger partial charge is 0.318 e. The summed E-state index contributed by atoms with van der Waals surface area (Å²) in [4.78, 5) is 0. The zero-order valence-corrected chi connectivity index (χ0v) is 11.7. The van der Waals surface area contributed by atoms with E-state index in [1.807, 2.05) is 6.92 Å². The zero-order chi connectivity index (χ0) is 16.1. The van der Waals surface area contributed by atoms with Crippen LogP contribution in [0.25, 0.3) is 0 Å². The Morgan fingerprint density at radius 2 is 1.18 bits per heavy atom. The van der Waals surface area contributed by atoms with Crippen molar-refractivity contribution in [3.63, 3.8) is 0 Å². The third-order valence-electron chi connectivity index (χ3n) is 4.00. The van der Waals surface area contributed by atoms with Gasteiger partial charge in [-0.15, -0.1) is 0 Å². The Labute approximate surface area is 123 Å². The van der Waals surface area contributed by atoms with Crippen LogP contribution in [0.4, 0.5) is 22.0 Å². The molecule has 0 unspecified atom stereocenters. The number of rotatable bonds is 3. The molecular formula is C14H13F5O3. The normalized spacial score (nSPS) is 30.8. The molecule has 0 atom stereocenters. The summed E-state index contributed by atoms with van der Waals surface area (Å²) in [5.41, 5.74) is -1.70. The lowest BCUT2D eigenvalue weighted by Crippen LogP contribution is -2.58. The Hall–Kier alpha value is -1.25. The first kappa shape index (κ1) is 15.6. The fourth-order valence-electron chi connectivity index (χ4n) is 2.83. The molecule has 1 aromatic carbocycles. The van der Waals surface area contributed by atoms with Crippen LogP contribution in [0, 0.1) is 34.5 Å². The van der Waals surface area contributed by atoms with Crippen LogP contribution < -0.4 is 0 Å². The molecule has 122 valence electrons. The van der Waals surface area contributed by atoms with Gasteiger partial charge in [0, 0.05) is 5.41 Å². The highest BCUT2D eigenvalue weighted by Gasteiger charge is 2.56. The molecule has 3 nitrogen and oxygen atoms in total. The molecule has 0 radical (unpaired) electrons. The van der Waals surface area contributed by atoms with Crippen LogP contribution in [0.15, 0.2) is 0 Å². The summed E-state index contributed by atoms with van der Waals surface area (Å²) in [6, 6.07) is 0. The molecule has 3 saturated heterocycles. The third kappa shape index (κ3) is 2.04. The van der Waals surface area contributed by atoms with Crippen LogP contribution >= 0.6 is 0 Å². The van der Waals surface area contributed by atoms with E-state index < -0.39 is 46.0 Å². The number of hydrogen-bond acceptors (Lipinski definition) is 3. The minimum Gasteiger partial charge on any atom is -0.323 e. The molecule has 0 aromatic heterocycles. The molecule has 0 saturated carbocycles. The molecule has 0 aliphatic carbocycles. The average molecular weight is 324 g/mol. The maximum atomic E-state index is 13.9. The van der Waals surface area contributed by atoms with Gasteiger partial charge < -0.3 is 14.2 Å². The molecule has 8 heteroatoms. The minimum absolute atomic E-state index is 0.0559. The van der Waals surface area contributed by atoms with Crippen molar-refractivity contribution in [1.29, 1.82) is 0 Å². The van der Waals surface area contributed by atoms with Crippen molar-refractivity contribution < 1.29 is 36.2 Å². The van der Waals surface area contributed by atoms with Gasteiger partial charge in [-0.25, -0.2) is 22.0 Å². The van der Waals surface area contributed by atoms with Gasteiger partial charge in [0.05, 0.1) is 19.8 Å². The summed E-state index contributed by atoms with van der Waals surface area (Å²) >= 11 is 0. The van der Waals surface area contributed by atoms with E-state index in [9.17, 15) is 22.0 Å². The Bertz CT molecular complexity index is 565. The van der Waals surface area contributed by atoms with Gasteiger partial charge in [0.2, 0.25) is 5.82 Å². The highest BCUT2D eigenvalue weighted by Crippen LogP contribution is 2.48. The van der Waals surface area contributed by atoms with Crippen LogP contribution in [-0.2, 0) is 20.2 Å². The highest BCUT2D eigenvalue weighted by molar-refractivity contribution is 5.27. The average Bonchev–Trinajstić information content (AvgIpc) is 2.53. The van der Waals surface area contributed by atoms with Gasteiger partial charge in [-0.1, -0.05) is 13.3 Å². The lowest BCUT2D eigenvalue weighted by molar-refractivity contribution is -0.482. The van der Waals surface area contributed by atoms with Crippen molar-refractivity contribution in [1.82, 2.24) is 0 Å². The number of ether oxygens (including phenoxy) is 3. The molecule has 22 heavy (non-hydrogen) atoms. The van der Waals surface area contributed by atoms with Gasteiger partial charge in [-0.05, 0) is 6.42 Å². The quantitative estimate of drug-likeness (QED) is 0.485. The maximum Gasteiger partial charge on any atom is 0.318 e. The summed E-state index contributed by atoms with van der Waals surface area (Å²) in [6.07, 6.45) is 1.51. The van der Waals surface area contributed by atoms with Gasteiger partial charge in [-0.2, -0.15) is 0 Å². The summed E-state index contributed by atoms with van der Waals surface area (Å²) < 4.78 is 83.4. The van der Waals surface area contributed by atoms with E-state index in [1.54, 1.807) is 0 Å². The van der Waals surface area contributed by atoms with Crippen molar-refractivity contribution >= 4 is 0 Å². The number of fused-ring (bicyclic) bond motifs is 3. The van der Waals surface area contributed by atoms with Crippen LogP contribution in [0.5, 0.6) is 0 Å². The number of benzene rings is 1. The van der Waals surface area contributed by atoms with E-state index in [-0.39, 0.29) is 19.8 Å². The zero-order valence-electron chi connectivity index (χ0n) is 11.7. The van der Waals surface area contributed by atoms with E-state index in [0.717, 1.165) is 6.42 Å². The van der Waals surface area contributed by atoms with E-state index in [4.69, 9.17) is 14.2 Å². The number of halogens is 5. The summed E-state index contributed by atoms with van der Waals surface area (Å²) in [6.45, 7) is 2.11. The molecule has 3 aliphatic heterocycles. The molecule has 3 fully saturated rings. The van der Waals surface area contributed by atoms with Crippen molar-refractivity contribution in [3.05, 3.63) is 34.6 Å². The molecule has 4 rings (SSSR count). The van der Waals surface area contributed by atoms with E-state index >= 15 is 0 Å².